The van der Waals surface area contributed by atoms with Crippen molar-refractivity contribution in [3.63, 3.8) is 0 Å². The molecule has 1 aromatic rings. The molecule has 1 aliphatic carbocycles. The summed E-state index contributed by atoms with van der Waals surface area (Å²) in [6, 6.07) is 4.32. The summed E-state index contributed by atoms with van der Waals surface area (Å²) in [4.78, 5) is 35.1. The number of carboxylic acid groups (broad SMARTS) is 1. The number of halogens is 1. The lowest BCUT2D eigenvalue weighted by atomic mass is 9.82. The molecule has 0 saturated carbocycles. The average Bonchev–Trinajstić information content (AvgIpc) is 2.56. The maximum Gasteiger partial charge on any atom is 0.337 e. The Morgan fingerprint density at radius 2 is 1.87 bits per heavy atom. The average molecular weight is 337 g/mol. The molecule has 0 bridgehead atoms. The van der Waals surface area contributed by atoms with Crippen molar-refractivity contribution in [2.75, 3.05) is 12.4 Å². The molecule has 2 atom stereocenters. The minimum Gasteiger partial charge on any atom is -0.550 e. The van der Waals surface area contributed by atoms with Crippen molar-refractivity contribution in [2.45, 2.75) is 12.8 Å². The van der Waals surface area contributed by atoms with E-state index in [4.69, 9.17) is 11.6 Å². The largest absolute Gasteiger partial charge is 0.550 e. The normalized spacial score (nSPS) is 19.9. The zero-order valence-corrected chi connectivity index (χ0v) is 13.1. The van der Waals surface area contributed by atoms with Gasteiger partial charge in [-0.15, -0.1) is 0 Å². The van der Waals surface area contributed by atoms with Crippen molar-refractivity contribution < 1.29 is 24.2 Å². The van der Waals surface area contributed by atoms with Gasteiger partial charge in [0, 0.05) is 11.9 Å². The lowest BCUT2D eigenvalue weighted by molar-refractivity contribution is -0.313. The van der Waals surface area contributed by atoms with Crippen molar-refractivity contribution in [3.05, 3.63) is 40.9 Å². The smallest absolute Gasteiger partial charge is 0.337 e. The van der Waals surface area contributed by atoms with Crippen molar-refractivity contribution in [1.29, 1.82) is 0 Å². The van der Waals surface area contributed by atoms with Crippen molar-refractivity contribution in [2.24, 2.45) is 11.8 Å². The quantitative estimate of drug-likeness (QED) is 0.662. The number of allylic oxidation sites excluding steroid dienone is 2. The summed E-state index contributed by atoms with van der Waals surface area (Å²) in [5, 5.41) is 14.0. The van der Waals surface area contributed by atoms with Crippen LogP contribution in [0, 0.1) is 11.8 Å². The van der Waals surface area contributed by atoms with Crippen LogP contribution in [0.15, 0.2) is 30.4 Å². The highest BCUT2D eigenvalue weighted by molar-refractivity contribution is 6.33. The van der Waals surface area contributed by atoms with Gasteiger partial charge >= 0.3 is 5.97 Å². The van der Waals surface area contributed by atoms with Crippen LogP contribution < -0.4 is 10.4 Å². The predicted octanol–water partition coefficient (Wildman–Crippen LogP) is 1.40. The van der Waals surface area contributed by atoms with Crippen LogP contribution in [0.4, 0.5) is 5.69 Å². The van der Waals surface area contributed by atoms with Crippen molar-refractivity contribution in [1.82, 2.24) is 0 Å². The van der Waals surface area contributed by atoms with E-state index >= 15 is 0 Å². The van der Waals surface area contributed by atoms with E-state index in [1.54, 1.807) is 12.2 Å². The highest BCUT2D eigenvalue weighted by Gasteiger charge is 2.30. The number of anilines is 1. The molecule has 122 valence electrons. The molecular formula is C16H15ClNO5-. The van der Waals surface area contributed by atoms with E-state index in [1.165, 1.54) is 25.3 Å². The van der Waals surface area contributed by atoms with E-state index < -0.39 is 29.7 Å². The van der Waals surface area contributed by atoms with Crippen LogP contribution in [0.2, 0.25) is 5.02 Å². The Morgan fingerprint density at radius 1 is 1.22 bits per heavy atom. The Labute approximate surface area is 138 Å². The van der Waals surface area contributed by atoms with Crippen LogP contribution in [0.1, 0.15) is 23.2 Å². The number of esters is 1. The molecule has 1 amide bonds. The molecule has 0 saturated heterocycles. The summed E-state index contributed by atoms with van der Waals surface area (Å²) in [6.45, 7) is 0. The third-order valence-corrected chi connectivity index (χ3v) is 4.05. The van der Waals surface area contributed by atoms with E-state index in [-0.39, 0.29) is 22.7 Å². The fraction of sp³-hybridized carbons (Fsp3) is 0.312. The summed E-state index contributed by atoms with van der Waals surface area (Å²) in [5.74, 6) is -3.94. The van der Waals surface area contributed by atoms with Crippen LogP contribution in [0.25, 0.3) is 0 Å². The molecule has 1 aliphatic rings. The number of ether oxygens (including phenoxy) is 1. The zero-order valence-electron chi connectivity index (χ0n) is 12.4. The first kappa shape index (κ1) is 17.0. The third-order valence-electron chi connectivity index (χ3n) is 3.72. The molecule has 1 N–H and O–H groups in total. The van der Waals surface area contributed by atoms with E-state index in [2.05, 4.69) is 10.1 Å². The standard InChI is InChI=1S/C16H16ClNO5/c1-23-16(22)9-6-7-12(17)13(8-9)18-14(19)10-4-2-3-5-11(10)15(20)21/h2-3,6-8,10-11H,4-5H2,1H3,(H,18,19)(H,20,21)/p-1/t10-,11+/m1/s1. The van der Waals surface area contributed by atoms with Crippen molar-refractivity contribution in [3.8, 4) is 0 Å². The van der Waals surface area contributed by atoms with Gasteiger partial charge in [-0.2, -0.15) is 0 Å². The summed E-state index contributed by atoms with van der Waals surface area (Å²) in [6.07, 6.45) is 4.03. The van der Waals surface area contributed by atoms with Gasteiger partial charge in [0.1, 0.15) is 0 Å². The maximum atomic E-state index is 12.4. The molecule has 2 rings (SSSR count). The van der Waals surface area contributed by atoms with E-state index in [0.29, 0.717) is 6.42 Å². The minimum atomic E-state index is -1.26. The highest BCUT2D eigenvalue weighted by atomic mass is 35.5. The number of benzene rings is 1. The SMILES string of the molecule is COC(=O)c1ccc(Cl)c(NC(=O)[C@@H]2CC=CC[C@@H]2C(=O)[O-])c1. The molecule has 6 nitrogen and oxygen atoms in total. The number of nitrogens with one attached hydrogen (secondary N) is 1. The van der Waals surface area contributed by atoms with Gasteiger partial charge in [0.25, 0.3) is 0 Å². The van der Waals surface area contributed by atoms with E-state index in [1.807, 2.05) is 0 Å². The molecule has 0 unspecified atom stereocenters. The zero-order chi connectivity index (χ0) is 17.0. The Bertz CT molecular complexity index is 670. The Kier molecular flexibility index (Phi) is 5.39. The summed E-state index contributed by atoms with van der Waals surface area (Å²) in [5.41, 5.74) is 0.457. The monoisotopic (exact) mass is 336 g/mol. The van der Waals surface area contributed by atoms with E-state index in [9.17, 15) is 19.5 Å². The molecule has 7 heteroatoms. The first-order valence-corrected chi connectivity index (χ1v) is 7.36. The number of aliphatic carboxylic acids is 1. The van der Waals surface area contributed by atoms with Crippen LogP contribution in [-0.2, 0) is 14.3 Å². The van der Waals surface area contributed by atoms with Gasteiger partial charge in [-0.3, -0.25) is 4.79 Å². The van der Waals surface area contributed by atoms with Crippen molar-refractivity contribution >= 4 is 35.1 Å². The first-order valence-electron chi connectivity index (χ1n) is 6.98. The van der Waals surface area contributed by atoms with Crippen LogP contribution in [0.3, 0.4) is 0 Å². The molecule has 0 aliphatic heterocycles. The van der Waals surface area contributed by atoms with Gasteiger partial charge < -0.3 is 20.0 Å². The first-order chi connectivity index (χ1) is 10.9. The highest BCUT2D eigenvalue weighted by Crippen LogP contribution is 2.29. The lowest BCUT2D eigenvalue weighted by Gasteiger charge is -2.28. The van der Waals surface area contributed by atoms with E-state index in [0.717, 1.165) is 0 Å². The fourth-order valence-corrected chi connectivity index (χ4v) is 2.62. The number of amides is 1. The molecule has 0 aromatic heterocycles. The van der Waals surface area contributed by atoms with Crippen LogP contribution in [0.5, 0.6) is 0 Å². The van der Waals surface area contributed by atoms with Gasteiger partial charge in [0.15, 0.2) is 0 Å². The van der Waals surface area contributed by atoms with Crippen LogP contribution >= 0.6 is 11.6 Å². The maximum absolute atomic E-state index is 12.4. The number of hydrogen-bond acceptors (Lipinski definition) is 5. The number of rotatable bonds is 4. The topological polar surface area (TPSA) is 95.5 Å². The number of methoxy groups -OCH3 is 1. The molecule has 0 spiro atoms. The molecule has 0 radical (unpaired) electrons. The van der Waals surface area contributed by atoms with Gasteiger partial charge in [0.05, 0.1) is 29.3 Å². The van der Waals surface area contributed by atoms with Gasteiger partial charge in [0.2, 0.25) is 5.91 Å². The molecule has 1 aromatic carbocycles. The predicted molar refractivity (Wildman–Crippen MR) is 81.8 cm³/mol. The number of carboxylic acids is 1. The molecular weight excluding hydrogens is 322 g/mol. The second-order valence-corrected chi connectivity index (χ2v) is 5.56. The second kappa shape index (κ2) is 7.28. The Hall–Kier alpha value is -2.34. The van der Waals surface area contributed by atoms with Gasteiger partial charge in [-0.05, 0) is 31.0 Å². The lowest BCUT2D eigenvalue weighted by Crippen LogP contribution is -2.41. The summed E-state index contributed by atoms with van der Waals surface area (Å²) in [7, 11) is 1.24. The Morgan fingerprint density at radius 3 is 2.48 bits per heavy atom. The fourth-order valence-electron chi connectivity index (χ4n) is 2.46. The molecule has 23 heavy (non-hydrogen) atoms. The minimum absolute atomic E-state index is 0.228. The number of carbonyl (C=O) groups is 3. The number of carbonyl (C=O) groups excluding carboxylic acids is 3. The summed E-state index contributed by atoms with van der Waals surface area (Å²) < 4.78 is 4.61. The van der Waals surface area contributed by atoms with Gasteiger partial charge in [-0.25, -0.2) is 4.79 Å². The molecule has 0 fully saturated rings. The van der Waals surface area contributed by atoms with Gasteiger partial charge in [-0.1, -0.05) is 23.8 Å². The molecule has 0 heterocycles. The number of hydrogen-bond donors (Lipinski definition) is 1. The Balaban J connectivity index is 2.21. The van der Waals surface area contributed by atoms with Crippen LogP contribution in [-0.4, -0.2) is 25.0 Å². The third kappa shape index (κ3) is 3.90. The second-order valence-electron chi connectivity index (χ2n) is 5.15. The summed E-state index contributed by atoms with van der Waals surface area (Å²) >= 11 is 6.02.